The maximum atomic E-state index is 12.0. The summed E-state index contributed by atoms with van der Waals surface area (Å²) in [6.07, 6.45) is 5.24. The third-order valence-corrected chi connectivity index (χ3v) is 5.05. The molecule has 0 saturated heterocycles. The van der Waals surface area contributed by atoms with E-state index in [2.05, 4.69) is 35.0 Å². The number of nitrogens with zero attached hydrogens (tertiary/aromatic N) is 2. The van der Waals surface area contributed by atoms with E-state index in [-0.39, 0.29) is 12.5 Å². The fourth-order valence-corrected chi connectivity index (χ4v) is 3.42. The fraction of sp³-hybridized carbons (Fsp3) is 0.391. The molecule has 1 heterocycles. The number of halogens is 1. The van der Waals surface area contributed by atoms with Gasteiger partial charge in [0, 0.05) is 24.5 Å². The van der Waals surface area contributed by atoms with Crippen molar-refractivity contribution in [2.75, 3.05) is 13.2 Å². The number of imidazole rings is 1. The van der Waals surface area contributed by atoms with E-state index < -0.39 is 0 Å². The molecule has 0 radical (unpaired) electrons. The number of rotatable bonds is 11. The first-order chi connectivity index (χ1) is 14.2. The van der Waals surface area contributed by atoms with Crippen LogP contribution < -0.4 is 10.1 Å². The smallest absolute Gasteiger partial charge is 0.257 e. The zero-order chi connectivity index (χ0) is 20.5. The number of nitrogens with one attached hydrogen (secondary N) is 1. The number of aryl methyl sites for hydroxylation is 2. The lowest BCUT2D eigenvalue weighted by Gasteiger charge is -2.10. The van der Waals surface area contributed by atoms with Gasteiger partial charge in [-0.1, -0.05) is 43.5 Å². The van der Waals surface area contributed by atoms with E-state index in [1.165, 1.54) is 18.4 Å². The van der Waals surface area contributed by atoms with Crippen molar-refractivity contribution in [1.29, 1.82) is 0 Å². The minimum absolute atomic E-state index is 0.00281. The standard InChI is InChI=1S/C23H28ClN3O2/c1-2-3-6-16-27-21-9-5-4-8-20(21)26-22(27)10-7-15-25-23(28)17-29-19-13-11-18(24)12-14-19/h4-5,8-9,11-14H,2-3,6-7,10,15-17H2,1H3,(H,25,28). The van der Waals surface area contributed by atoms with E-state index in [1.54, 1.807) is 24.3 Å². The van der Waals surface area contributed by atoms with Gasteiger partial charge in [0.2, 0.25) is 0 Å². The Bertz CT molecular complexity index is 922. The van der Waals surface area contributed by atoms with E-state index in [9.17, 15) is 4.79 Å². The molecular weight excluding hydrogens is 386 g/mol. The molecule has 0 aliphatic carbocycles. The highest BCUT2D eigenvalue weighted by Gasteiger charge is 2.10. The lowest BCUT2D eigenvalue weighted by molar-refractivity contribution is -0.123. The molecule has 0 atom stereocenters. The number of hydrogen-bond donors (Lipinski definition) is 1. The first-order valence-electron chi connectivity index (χ1n) is 10.3. The van der Waals surface area contributed by atoms with Gasteiger partial charge in [0.1, 0.15) is 11.6 Å². The van der Waals surface area contributed by atoms with Crippen molar-refractivity contribution >= 4 is 28.5 Å². The molecule has 0 fully saturated rings. The summed E-state index contributed by atoms with van der Waals surface area (Å²) in [5.74, 6) is 1.59. The van der Waals surface area contributed by atoms with E-state index >= 15 is 0 Å². The molecule has 3 aromatic rings. The zero-order valence-electron chi connectivity index (χ0n) is 16.9. The van der Waals surface area contributed by atoms with Crippen LogP contribution in [0.4, 0.5) is 0 Å². The summed E-state index contributed by atoms with van der Waals surface area (Å²) in [4.78, 5) is 16.8. The Labute approximate surface area is 177 Å². The van der Waals surface area contributed by atoms with Gasteiger partial charge in [-0.15, -0.1) is 0 Å². The SMILES string of the molecule is CCCCCn1c(CCCNC(=O)COc2ccc(Cl)cc2)nc2ccccc21. The molecular formula is C23H28ClN3O2. The normalized spacial score (nSPS) is 11.0. The highest BCUT2D eigenvalue weighted by molar-refractivity contribution is 6.30. The van der Waals surface area contributed by atoms with Gasteiger partial charge in [-0.2, -0.15) is 0 Å². The number of fused-ring (bicyclic) bond motifs is 1. The van der Waals surface area contributed by atoms with Crippen molar-refractivity contribution in [1.82, 2.24) is 14.9 Å². The molecule has 29 heavy (non-hydrogen) atoms. The number of carbonyl (C=O) groups is 1. The van der Waals surface area contributed by atoms with Gasteiger partial charge in [0.15, 0.2) is 6.61 Å². The van der Waals surface area contributed by atoms with Gasteiger partial charge in [-0.25, -0.2) is 4.98 Å². The Morgan fingerprint density at radius 3 is 2.69 bits per heavy atom. The van der Waals surface area contributed by atoms with Gasteiger partial charge in [-0.05, 0) is 49.2 Å². The molecule has 2 aromatic carbocycles. The first-order valence-corrected chi connectivity index (χ1v) is 10.6. The number of aromatic nitrogens is 2. The van der Waals surface area contributed by atoms with E-state index in [1.807, 2.05) is 6.07 Å². The molecule has 0 saturated carbocycles. The first kappa shape index (κ1) is 21.2. The minimum atomic E-state index is -0.128. The maximum absolute atomic E-state index is 12.0. The van der Waals surface area contributed by atoms with Crippen molar-refractivity contribution in [3.8, 4) is 5.75 Å². The van der Waals surface area contributed by atoms with Crippen LogP contribution in [0, 0.1) is 0 Å². The molecule has 1 N–H and O–H groups in total. The molecule has 154 valence electrons. The van der Waals surface area contributed by atoms with Gasteiger partial charge in [0.05, 0.1) is 11.0 Å². The minimum Gasteiger partial charge on any atom is -0.484 e. The van der Waals surface area contributed by atoms with E-state index in [0.717, 1.165) is 37.1 Å². The van der Waals surface area contributed by atoms with Crippen LogP contribution >= 0.6 is 11.6 Å². The quantitative estimate of drug-likeness (QED) is 0.449. The number of unbranched alkanes of at least 4 members (excludes halogenated alkanes) is 2. The predicted molar refractivity (Wildman–Crippen MR) is 118 cm³/mol. The molecule has 0 spiro atoms. The van der Waals surface area contributed by atoms with Gasteiger partial charge < -0.3 is 14.6 Å². The lowest BCUT2D eigenvalue weighted by atomic mass is 10.2. The maximum Gasteiger partial charge on any atom is 0.257 e. The fourth-order valence-electron chi connectivity index (χ4n) is 3.29. The summed E-state index contributed by atoms with van der Waals surface area (Å²) in [6, 6.07) is 15.3. The monoisotopic (exact) mass is 413 g/mol. The van der Waals surface area contributed by atoms with Crippen molar-refractivity contribution in [3.05, 3.63) is 59.4 Å². The van der Waals surface area contributed by atoms with Gasteiger partial charge in [0.25, 0.3) is 5.91 Å². The van der Waals surface area contributed by atoms with Crippen LogP contribution in [0.1, 0.15) is 38.4 Å². The van der Waals surface area contributed by atoms with E-state index in [4.69, 9.17) is 21.3 Å². The van der Waals surface area contributed by atoms with Crippen molar-refractivity contribution in [2.24, 2.45) is 0 Å². The predicted octanol–water partition coefficient (Wildman–Crippen LogP) is 5.01. The molecule has 6 heteroatoms. The highest BCUT2D eigenvalue weighted by atomic mass is 35.5. The topological polar surface area (TPSA) is 56.2 Å². The second-order valence-corrected chi connectivity index (χ2v) is 7.51. The third kappa shape index (κ3) is 6.23. The number of ether oxygens (including phenoxy) is 1. The number of benzene rings is 2. The summed E-state index contributed by atoms with van der Waals surface area (Å²) < 4.78 is 7.79. The summed E-state index contributed by atoms with van der Waals surface area (Å²) in [7, 11) is 0. The Morgan fingerprint density at radius 1 is 1.10 bits per heavy atom. The zero-order valence-corrected chi connectivity index (χ0v) is 17.6. The largest absolute Gasteiger partial charge is 0.484 e. The van der Waals surface area contributed by atoms with E-state index in [0.29, 0.717) is 17.3 Å². The molecule has 0 bridgehead atoms. The summed E-state index contributed by atoms with van der Waals surface area (Å²) >= 11 is 5.84. The lowest BCUT2D eigenvalue weighted by Crippen LogP contribution is -2.30. The van der Waals surface area contributed by atoms with Crippen LogP contribution in [0.15, 0.2) is 48.5 Å². The summed E-state index contributed by atoms with van der Waals surface area (Å²) in [5, 5.41) is 3.55. The molecule has 0 unspecified atom stereocenters. The van der Waals surface area contributed by atoms with Crippen LogP contribution in [0.25, 0.3) is 11.0 Å². The van der Waals surface area contributed by atoms with Crippen molar-refractivity contribution < 1.29 is 9.53 Å². The third-order valence-electron chi connectivity index (χ3n) is 4.80. The Kier molecular flexibility index (Phi) is 7.94. The highest BCUT2D eigenvalue weighted by Crippen LogP contribution is 2.18. The molecule has 0 aliphatic heterocycles. The molecule has 1 aromatic heterocycles. The van der Waals surface area contributed by atoms with Gasteiger partial charge >= 0.3 is 0 Å². The Morgan fingerprint density at radius 2 is 1.90 bits per heavy atom. The van der Waals surface area contributed by atoms with Crippen molar-refractivity contribution in [3.63, 3.8) is 0 Å². The average molecular weight is 414 g/mol. The van der Waals surface area contributed by atoms with Crippen molar-refractivity contribution in [2.45, 2.75) is 45.6 Å². The molecule has 1 amide bonds. The Hall–Kier alpha value is -2.53. The second-order valence-electron chi connectivity index (χ2n) is 7.07. The van der Waals surface area contributed by atoms with Crippen LogP contribution in [0.5, 0.6) is 5.75 Å². The van der Waals surface area contributed by atoms with Crippen LogP contribution in [-0.2, 0) is 17.8 Å². The second kappa shape index (κ2) is 10.9. The Balaban J connectivity index is 1.47. The van der Waals surface area contributed by atoms with Crippen LogP contribution in [0.2, 0.25) is 5.02 Å². The average Bonchev–Trinajstić information content (AvgIpc) is 3.08. The van der Waals surface area contributed by atoms with Crippen LogP contribution in [-0.4, -0.2) is 28.6 Å². The molecule has 0 aliphatic rings. The number of para-hydroxylation sites is 2. The summed E-state index contributed by atoms with van der Waals surface area (Å²) in [6.45, 7) is 3.80. The summed E-state index contributed by atoms with van der Waals surface area (Å²) in [5.41, 5.74) is 2.23. The molecule has 3 rings (SSSR count). The van der Waals surface area contributed by atoms with Crippen LogP contribution in [0.3, 0.4) is 0 Å². The number of amides is 1. The number of carbonyl (C=O) groups excluding carboxylic acids is 1. The number of hydrogen-bond acceptors (Lipinski definition) is 3. The molecule has 5 nitrogen and oxygen atoms in total. The van der Waals surface area contributed by atoms with Gasteiger partial charge in [-0.3, -0.25) is 4.79 Å².